The Bertz CT molecular complexity index is 853. The summed E-state index contributed by atoms with van der Waals surface area (Å²) in [6.45, 7) is 1.58. The number of benzene rings is 1. The van der Waals surface area contributed by atoms with Gasteiger partial charge in [-0.2, -0.15) is 0 Å². The van der Waals surface area contributed by atoms with Crippen LogP contribution in [0.2, 0.25) is 0 Å². The lowest BCUT2D eigenvalue weighted by Gasteiger charge is -2.13. The zero-order valence-electron chi connectivity index (χ0n) is 14.1. The molecule has 1 saturated heterocycles. The number of nitrogens with one attached hydrogen (secondary N) is 2. The summed E-state index contributed by atoms with van der Waals surface area (Å²) in [4.78, 5) is 25.1. The van der Waals surface area contributed by atoms with E-state index in [4.69, 9.17) is 0 Å². The Labute approximate surface area is 154 Å². The summed E-state index contributed by atoms with van der Waals surface area (Å²) < 4.78 is 1.51. The Morgan fingerprint density at radius 1 is 1.38 bits per heavy atom. The van der Waals surface area contributed by atoms with Crippen LogP contribution in [0.4, 0.5) is 10.5 Å². The monoisotopic (exact) mass is 371 g/mol. The molecular formula is C16H17N7O2S. The third-order valence-corrected chi connectivity index (χ3v) is 4.57. The Balaban J connectivity index is 1.43. The number of aryl methyl sites for hydroxylation is 1. The van der Waals surface area contributed by atoms with Crippen LogP contribution in [0.15, 0.2) is 29.4 Å². The summed E-state index contributed by atoms with van der Waals surface area (Å²) in [7, 11) is 1.72. The molecule has 1 aromatic carbocycles. The fourth-order valence-electron chi connectivity index (χ4n) is 2.26. The Kier molecular flexibility index (Phi) is 5.70. The second-order valence-corrected chi connectivity index (χ2v) is 6.33. The molecule has 2 aromatic rings. The van der Waals surface area contributed by atoms with E-state index in [1.165, 1.54) is 16.4 Å². The van der Waals surface area contributed by atoms with E-state index in [-0.39, 0.29) is 24.2 Å². The number of tetrazole rings is 1. The molecule has 0 unspecified atom stereocenters. The number of hydrogen-bond acceptors (Lipinski definition) is 6. The highest BCUT2D eigenvalue weighted by atomic mass is 32.2. The van der Waals surface area contributed by atoms with E-state index in [0.29, 0.717) is 18.2 Å². The Hall–Kier alpha value is -3.06. The van der Waals surface area contributed by atoms with Crippen molar-refractivity contribution in [1.29, 1.82) is 0 Å². The molecule has 3 rings (SSSR count). The van der Waals surface area contributed by atoms with Gasteiger partial charge in [0.05, 0.1) is 12.3 Å². The second-order valence-electron chi connectivity index (χ2n) is 5.38. The van der Waals surface area contributed by atoms with Gasteiger partial charge in [-0.05, 0) is 34.7 Å². The van der Waals surface area contributed by atoms with Crippen LogP contribution in [0.25, 0.3) is 0 Å². The average Bonchev–Trinajstić information content (AvgIpc) is 3.25. The first-order chi connectivity index (χ1) is 12.6. The van der Waals surface area contributed by atoms with Crippen molar-refractivity contribution in [3.05, 3.63) is 29.8 Å². The van der Waals surface area contributed by atoms with Crippen LogP contribution in [0, 0.1) is 11.8 Å². The number of nitrogens with zero attached hydrogens (tertiary/aromatic N) is 5. The van der Waals surface area contributed by atoms with Crippen LogP contribution in [-0.2, 0) is 11.8 Å². The number of carbonyl (C=O) groups is 2. The summed E-state index contributed by atoms with van der Waals surface area (Å²) in [6, 6.07) is 7.35. The van der Waals surface area contributed by atoms with Crippen LogP contribution in [-0.4, -0.2) is 57.5 Å². The average molecular weight is 371 g/mol. The summed E-state index contributed by atoms with van der Waals surface area (Å²) in [6.07, 6.45) is 0. The lowest BCUT2D eigenvalue weighted by Crippen LogP contribution is -2.27. The summed E-state index contributed by atoms with van der Waals surface area (Å²) in [5.74, 6) is 5.97. The second kappa shape index (κ2) is 8.35. The molecule has 0 saturated carbocycles. The number of anilines is 1. The maximum atomic E-state index is 11.8. The third-order valence-electron chi connectivity index (χ3n) is 3.56. The minimum absolute atomic E-state index is 0.0819. The first-order valence-electron chi connectivity index (χ1n) is 7.89. The predicted octanol–water partition coefficient (Wildman–Crippen LogP) is -0.000300. The van der Waals surface area contributed by atoms with E-state index in [9.17, 15) is 9.59 Å². The zero-order valence-corrected chi connectivity index (χ0v) is 14.9. The number of urea groups is 1. The van der Waals surface area contributed by atoms with Crippen LogP contribution >= 0.6 is 11.8 Å². The Morgan fingerprint density at radius 2 is 2.19 bits per heavy atom. The molecule has 0 bridgehead atoms. The zero-order chi connectivity index (χ0) is 18.4. The lowest BCUT2D eigenvalue weighted by atomic mass is 10.2. The standard InChI is InChI=1S/C16H17N7O2S/c1-22-16(19-20-21-22)26-11-14(24)17-8-2-3-12-4-6-13(7-5-12)23-10-9-18-15(23)25/h4-7H,8-11H2,1H3,(H,17,24)(H,18,25). The van der Waals surface area contributed by atoms with Gasteiger partial charge in [0.2, 0.25) is 11.1 Å². The first kappa shape index (κ1) is 17.8. The molecule has 26 heavy (non-hydrogen) atoms. The smallest absolute Gasteiger partial charge is 0.321 e. The van der Waals surface area contributed by atoms with Gasteiger partial charge in [-0.25, -0.2) is 9.48 Å². The van der Waals surface area contributed by atoms with E-state index >= 15 is 0 Å². The van der Waals surface area contributed by atoms with Gasteiger partial charge in [0.1, 0.15) is 0 Å². The van der Waals surface area contributed by atoms with Crippen LogP contribution in [0.1, 0.15) is 5.56 Å². The number of carbonyl (C=O) groups excluding carboxylic acids is 2. The number of hydrogen-bond donors (Lipinski definition) is 2. The van der Waals surface area contributed by atoms with Gasteiger partial charge in [-0.15, -0.1) is 5.10 Å². The van der Waals surface area contributed by atoms with Crippen molar-refractivity contribution in [3.8, 4) is 11.8 Å². The molecule has 1 aliphatic heterocycles. The van der Waals surface area contributed by atoms with Crippen molar-refractivity contribution < 1.29 is 9.59 Å². The summed E-state index contributed by atoms with van der Waals surface area (Å²) in [5, 5.41) is 17.1. The summed E-state index contributed by atoms with van der Waals surface area (Å²) >= 11 is 1.26. The summed E-state index contributed by atoms with van der Waals surface area (Å²) in [5.41, 5.74) is 1.66. The maximum Gasteiger partial charge on any atom is 0.321 e. The van der Waals surface area contributed by atoms with Crippen molar-refractivity contribution in [2.45, 2.75) is 5.16 Å². The molecule has 2 N–H and O–H groups in total. The first-order valence-corrected chi connectivity index (χ1v) is 8.88. The Morgan fingerprint density at radius 3 is 2.85 bits per heavy atom. The fourth-order valence-corrected chi connectivity index (χ4v) is 2.94. The SMILES string of the molecule is Cn1nnnc1SCC(=O)NCC#Cc1ccc(N2CCNC2=O)cc1. The molecule has 10 heteroatoms. The molecular weight excluding hydrogens is 354 g/mol. The molecule has 2 heterocycles. The molecule has 0 spiro atoms. The molecule has 134 valence electrons. The highest BCUT2D eigenvalue weighted by Gasteiger charge is 2.20. The van der Waals surface area contributed by atoms with Crippen LogP contribution < -0.4 is 15.5 Å². The quantitative estimate of drug-likeness (QED) is 0.566. The van der Waals surface area contributed by atoms with E-state index in [2.05, 4.69) is 38.0 Å². The molecule has 0 radical (unpaired) electrons. The molecule has 0 atom stereocenters. The maximum absolute atomic E-state index is 11.8. The minimum atomic E-state index is -0.136. The number of aromatic nitrogens is 4. The topological polar surface area (TPSA) is 105 Å². The molecule has 3 amide bonds. The predicted molar refractivity (Wildman–Crippen MR) is 96.6 cm³/mol. The van der Waals surface area contributed by atoms with Crippen molar-refractivity contribution in [2.75, 3.05) is 30.3 Å². The molecule has 0 aliphatic carbocycles. The van der Waals surface area contributed by atoms with Gasteiger partial charge in [0.25, 0.3) is 0 Å². The molecule has 9 nitrogen and oxygen atoms in total. The van der Waals surface area contributed by atoms with Gasteiger partial charge in [0.15, 0.2) is 0 Å². The molecule has 1 fully saturated rings. The van der Waals surface area contributed by atoms with Crippen molar-refractivity contribution in [1.82, 2.24) is 30.8 Å². The van der Waals surface area contributed by atoms with Crippen LogP contribution in [0.5, 0.6) is 0 Å². The van der Waals surface area contributed by atoms with Gasteiger partial charge < -0.3 is 10.6 Å². The normalized spacial score (nSPS) is 13.1. The lowest BCUT2D eigenvalue weighted by molar-refractivity contribution is -0.118. The fraction of sp³-hybridized carbons (Fsp3) is 0.312. The largest absolute Gasteiger partial charge is 0.344 e. The minimum Gasteiger partial charge on any atom is -0.344 e. The van der Waals surface area contributed by atoms with E-state index in [1.807, 2.05) is 24.3 Å². The number of thioether (sulfide) groups is 1. The van der Waals surface area contributed by atoms with Crippen LogP contribution in [0.3, 0.4) is 0 Å². The van der Waals surface area contributed by atoms with Gasteiger partial charge in [-0.3, -0.25) is 9.69 Å². The van der Waals surface area contributed by atoms with Gasteiger partial charge in [-0.1, -0.05) is 23.6 Å². The van der Waals surface area contributed by atoms with E-state index < -0.39 is 0 Å². The number of rotatable bonds is 5. The highest BCUT2D eigenvalue weighted by molar-refractivity contribution is 7.99. The molecule has 1 aliphatic rings. The van der Waals surface area contributed by atoms with E-state index in [0.717, 1.165) is 11.3 Å². The van der Waals surface area contributed by atoms with E-state index in [1.54, 1.807) is 11.9 Å². The van der Waals surface area contributed by atoms with Crippen molar-refractivity contribution in [3.63, 3.8) is 0 Å². The number of amides is 3. The molecule has 1 aromatic heterocycles. The highest BCUT2D eigenvalue weighted by Crippen LogP contribution is 2.16. The van der Waals surface area contributed by atoms with Crippen molar-refractivity contribution in [2.24, 2.45) is 7.05 Å². The van der Waals surface area contributed by atoms with Crippen molar-refractivity contribution >= 4 is 29.4 Å². The third kappa shape index (κ3) is 4.52. The van der Waals surface area contributed by atoms with Gasteiger partial charge >= 0.3 is 6.03 Å². The van der Waals surface area contributed by atoms with Gasteiger partial charge in [0, 0.05) is 31.4 Å².